The molecule has 14 nitrogen and oxygen atoms in total. The molecule has 0 bridgehead atoms. The van der Waals surface area contributed by atoms with Gasteiger partial charge in [0.15, 0.2) is 5.71 Å². The molecule has 44 heavy (non-hydrogen) atoms. The lowest BCUT2D eigenvalue weighted by Crippen LogP contribution is -2.36. The predicted molar refractivity (Wildman–Crippen MR) is 164 cm³/mol. The van der Waals surface area contributed by atoms with Crippen molar-refractivity contribution < 1.29 is 28.3 Å². The van der Waals surface area contributed by atoms with Gasteiger partial charge in [0.2, 0.25) is 11.4 Å². The zero-order chi connectivity index (χ0) is 32.2. The van der Waals surface area contributed by atoms with Gasteiger partial charge in [-0.05, 0) is 62.6 Å². The Hall–Kier alpha value is -5.02. The fourth-order valence-electron chi connectivity index (χ4n) is 4.93. The number of nitrogens with two attached hydrogens (primary N) is 1. The zero-order valence-corrected chi connectivity index (χ0v) is 25.2. The molecule has 0 radical (unpaired) electrons. The van der Waals surface area contributed by atoms with Gasteiger partial charge in [-0.1, -0.05) is 23.8 Å². The number of hydrogen-bond acceptors (Lipinski definition) is 9. The minimum atomic E-state index is -4.42. The second kappa shape index (κ2) is 13.1. The molecule has 0 spiro atoms. The van der Waals surface area contributed by atoms with Crippen LogP contribution in [0.4, 0.5) is 5.95 Å². The average molecular weight is 624 g/mol. The Morgan fingerprint density at radius 1 is 1.11 bits per heavy atom. The number of rotatable bonds is 12. The Labute approximate surface area is 252 Å². The summed E-state index contributed by atoms with van der Waals surface area (Å²) in [6, 6.07) is 8.32. The lowest BCUT2D eigenvalue weighted by Gasteiger charge is -2.15. The van der Waals surface area contributed by atoms with Gasteiger partial charge >= 0.3 is 5.97 Å². The highest BCUT2D eigenvalue weighted by atomic mass is 32.2. The van der Waals surface area contributed by atoms with E-state index in [-0.39, 0.29) is 28.3 Å². The second-order valence-electron chi connectivity index (χ2n) is 10.2. The fourth-order valence-corrected chi connectivity index (χ4v) is 6.39. The first kappa shape index (κ1) is 31.9. The van der Waals surface area contributed by atoms with Crippen molar-refractivity contribution >= 4 is 44.5 Å². The lowest BCUT2D eigenvalue weighted by molar-refractivity contribution is -0.129. The van der Waals surface area contributed by atoms with Crippen LogP contribution in [0.5, 0.6) is 0 Å². The molecule has 0 saturated heterocycles. The molecule has 4 rings (SSSR count). The minimum Gasteiger partial charge on any atom is -0.477 e. The van der Waals surface area contributed by atoms with Gasteiger partial charge in [0.1, 0.15) is 5.56 Å². The largest absolute Gasteiger partial charge is 0.477 e. The number of nitrogens with one attached hydrogen (secondary N) is 2. The van der Waals surface area contributed by atoms with Crippen molar-refractivity contribution in [2.24, 2.45) is 10.1 Å². The molecule has 2 aromatic carbocycles. The predicted octanol–water partition coefficient (Wildman–Crippen LogP) is 1.97. The number of aryl methyl sites for hydroxylation is 4. The number of carboxylic acid groups (broad SMARTS) is 1. The Balaban J connectivity index is 1.63. The van der Waals surface area contributed by atoms with Crippen molar-refractivity contribution in [3.63, 3.8) is 0 Å². The Morgan fingerprint density at radius 3 is 2.43 bits per heavy atom. The molecule has 4 aromatic rings. The van der Waals surface area contributed by atoms with Crippen LogP contribution in [-0.4, -0.2) is 63.7 Å². The van der Waals surface area contributed by atoms with Gasteiger partial charge < -0.3 is 31.2 Å². The number of anilines is 1. The summed E-state index contributed by atoms with van der Waals surface area (Å²) in [6.45, 7) is 5.24. The molecular formula is C29H33N7O7S. The third kappa shape index (κ3) is 6.95. The van der Waals surface area contributed by atoms with Crippen molar-refractivity contribution in [3.8, 4) is 0 Å². The third-order valence-electron chi connectivity index (χ3n) is 6.82. The number of carbonyl (C=O) groups is 2. The number of imidazole rings is 1. The molecule has 0 aliphatic carbocycles. The molecule has 15 heteroatoms. The van der Waals surface area contributed by atoms with E-state index in [1.165, 1.54) is 18.6 Å². The van der Waals surface area contributed by atoms with Crippen LogP contribution in [0.25, 0.3) is 10.9 Å². The highest BCUT2D eigenvalue weighted by Gasteiger charge is 2.24. The van der Waals surface area contributed by atoms with E-state index < -0.39 is 39.6 Å². The quantitative estimate of drug-likeness (QED) is 0.114. The normalized spacial score (nSPS) is 12.0. The topological polar surface area (TPSA) is 211 Å². The van der Waals surface area contributed by atoms with E-state index in [2.05, 4.69) is 20.0 Å². The number of amides is 1. The van der Waals surface area contributed by atoms with Crippen LogP contribution in [0.15, 0.2) is 63.0 Å². The van der Waals surface area contributed by atoms with Crippen molar-refractivity contribution in [1.29, 1.82) is 0 Å². The number of carbonyl (C=O) groups excluding carboxylic acids is 1. The zero-order valence-electron chi connectivity index (χ0n) is 24.4. The average Bonchev–Trinajstić information content (AvgIpc) is 3.37. The van der Waals surface area contributed by atoms with Gasteiger partial charge in [0.05, 0.1) is 29.4 Å². The maximum atomic E-state index is 13.4. The molecular weight excluding hydrogens is 590 g/mol. The van der Waals surface area contributed by atoms with E-state index >= 15 is 0 Å². The van der Waals surface area contributed by atoms with Gasteiger partial charge in [0, 0.05) is 24.7 Å². The summed E-state index contributed by atoms with van der Waals surface area (Å²) in [7, 11) is -4.42. The van der Waals surface area contributed by atoms with Crippen molar-refractivity contribution in [2.45, 2.75) is 45.2 Å². The third-order valence-corrected chi connectivity index (χ3v) is 8.44. The Bertz CT molecular complexity index is 1920. The molecule has 232 valence electrons. The number of hydrogen-bond donors (Lipinski definition) is 5. The summed E-state index contributed by atoms with van der Waals surface area (Å²) < 4.78 is 32.2. The van der Waals surface area contributed by atoms with Gasteiger partial charge in [-0.3, -0.25) is 9.59 Å². The number of nitrogens with zero attached hydrogens (tertiary/aromatic N) is 4. The van der Waals surface area contributed by atoms with Crippen LogP contribution in [0.1, 0.15) is 39.0 Å². The molecule has 1 amide bonds. The Kier molecular flexibility index (Phi) is 9.50. The van der Waals surface area contributed by atoms with Crippen molar-refractivity contribution in [3.05, 3.63) is 87.0 Å². The van der Waals surface area contributed by atoms with Crippen LogP contribution >= 0.6 is 0 Å². The Morgan fingerprint density at radius 2 is 1.82 bits per heavy atom. The van der Waals surface area contributed by atoms with Gasteiger partial charge in [-0.25, -0.2) is 9.78 Å². The molecule has 0 atom stereocenters. The molecule has 2 aromatic heterocycles. The number of sulfonamides is 1. The number of aliphatic carboxylic acids is 1. The summed E-state index contributed by atoms with van der Waals surface area (Å²) >= 11 is 0. The summed E-state index contributed by atoms with van der Waals surface area (Å²) in [5.74, 6) is -2.30. The summed E-state index contributed by atoms with van der Waals surface area (Å²) in [5.41, 5.74) is 6.99. The highest BCUT2D eigenvalue weighted by Crippen LogP contribution is 2.24. The molecule has 0 fully saturated rings. The fraction of sp³-hybridized carbons (Fsp3) is 0.276. The first-order chi connectivity index (χ1) is 20.8. The van der Waals surface area contributed by atoms with Crippen LogP contribution in [0.3, 0.4) is 0 Å². The molecule has 2 heterocycles. The minimum absolute atomic E-state index is 0.110. The van der Waals surface area contributed by atoms with Crippen molar-refractivity contribution in [2.75, 3.05) is 18.4 Å². The van der Waals surface area contributed by atoms with Crippen LogP contribution in [0, 0.1) is 20.8 Å². The van der Waals surface area contributed by atoms with Crippen molar-refractivity contribution in [1.82, 2.24) is 19.6 Å². The van der Waals surface area contributed by atoms with E-state index in [4.69, 9.17) is 5.73 Å². The first-order valence-electron chi connectivity index (χ1n) is 13.6. The van der Waals surface area contributed by atoms with E-state index in [0.717, 1.165) is 15.9 Å². The van der Waals surface area contributed by atoms with E-state index in [1.807, 2.05) is 0 Å². The van der Waals surface area contributed by atoms with Crippen LogP contribution in [0.2, 0.25) is 0 Å². The van der Waals surface area contributed by atoms with Crippen LogP contribution < -0.4 is 21.8 Å². The maximum Gasteiger partial charge on any atom is 0.353 e. The van der Waals surface area contributed by atoms with Gasteiger partial charge in [0.25, 0.3) is 15.9 Å². The van der Waals surface area contributed by atoms with Gasteiger partial charge in [-0.2, -0.15) is 17.5 Å². The van der Waals surface area contributed by atoms with E-state index in [9.17, 15) is 33.1 Å². The number of fused-ring (bicyclic) bond motifs is 1. The molecule has 0 aliphatic heterocycles. The molecule has 0 unspecified atom stereocenters. The van der Waals surface area contributed by atoms with E-state index in [1.54, 1.807) is 55.7 Å². The number of pyridine rings is 1. The number of carboxylic acids is 1. The van der Waals surface area contributed by atoms with Gasteiger partial charge in [-0.15, -0.1) is 0 Å². The molecule has 0 aliphatic rings. The monoisotopic (exact) mass is 623 g/mol. The smallest absolute Gasteiger partial charge is 0.353 e. The molecule has 0 saturated carbocycles. The molecule has 6 N–H and O–H groups in total. The number of benzene rings is 2. The standard InChI is InChI=1S/C29H33N7O7S/c1-17-11-18(2)26(19(3)12-17)44(42,43)34-23(28(39)40)15-32-27(38)22-16-35(9-4-7-30)24-13-20(5-6-21(24)25(22)37)14-33-29-31-8-10-36(29)41/h5-6,8,10-13,16,41H,4,7,9,14-15,30H2,1-3H3,(H,31,33)(H,32,38)(H,39,40). The highest BCUT2D eigenvalue weighted by molar-refractivity contribution is 7.90. The first-order valence-corrected chi connectivity index (χ1v) is 15.0. The summed E-state index contributed by atoms with van der Waals surface area (Å²) in [6.07, 6.45) is 4.70. The van der Waals surface area contributed by atoms with Crippen LogP contribution in [-0.2, 0) is 27.9 Å². The summed E-state index contributed by atoms with van der Waals surface area (Å²) in [4.78, 5) is 42.4. The number of aromatic nitrogens is 3. The lowest BCUT2D eigenvalue weighted by atomic mass is 10.1. The SMILES string of the molecule is Cc1cc(C)c(S(=O)(=O)N=C(CNC(=O)c2cn(CCCN)c3cc(CNc4nccn4O)ccc3c2=O)C(=O)O)c(C)c1. The van der Waals surface area contributed by atoms with E-state index in [0.29, 0.717) is 36.2 Å². The second-order valence-corrected chi connectivity index (χ2v) is 11.8. The maximum absolute atomic E-state index is 13.4. The summed E-state index contributed by atoms with van der Waals surface area (Å²) in [5, 5.41) is 25.0.